The molecule has 0 saturated carbocycles. The topological polar surface area (TPSA) is 12.0 Å². The zero-order chi connectivity index (χ0) is 11.3. The smallest absolute Gasteiger partial charge is 0.0408 e. The van der Waals surface area contributed by atoms with Crippen LogP contribution in [0.15, 0.2) is 24.3 Å². The average molecular weight is 226 g/mol. The molecule has 0 aliphatic rings. The van der Waals surface area contributed by atoms with Crippen molar-refractivity contribution in [1.29, 1.82) is 0 Å². The minimum absolute atomic E-state index is 0.489. The van der Waals surface area contributed by atoms with Gasteiger partial charge in [-0.15, -0.1) is 0 Å². The Morgan fingerprint density at radius 1 is 1.33 bits per heavy atom. The van der Waals surface area contributed by atoms with Gasteiger partial charge in [0.2, 0.25) is 0 Å². The summed E-state index contributed by atoms with van der Waals surface area (Å²) in [6.45, 7) is 7.72. The molecule has 0 amide bonds. The van der Waals surface area contributed by atoms with Gasteiger partial charge in [0.1, 0.15) is 0 Å². The Morgan fingerprint density at radius 3 is 2.67 bits per heavy atom. The lowest BCUT2D eigenvalue weighted by molar-refractivity contribution is 0.481. The maximum atomic E-state index is 5.98. The molecule has 0 bridgehead atoms. The molecule has 2 atom stereocenters. The van der Waals surface area contributed by atoms with Crippen molar-refractivity contribution >= 4 is 11.6 Å². The average Bonchev–Trinajstić information content (AvgIpc) is 2.24. The Hall–Kier alpha value is -0.530. The van der Waals surface area contributed by atoms with Crippen LogP contribution in [0.2, 0.25) is 5.02 Å². The van der Waals surface area contributed by atoms with Crippen molar-refractivity contribution in [2.75, 3.05) is 6.54 Å². The summed E-state index contributed by atoms with van der Waals surface area (Å²) in [6.07, 6.45) is 1.17. The van der Waals surface area contributed by atoms with Crippen LogP contribution in [0.4, 0.5) is 0 Å². The van der Waals surface area contributed by atoms with Gasteiger partial charge in [-0.2, -0.15) is 0 Å². The van der Waals surface area contributed by atoms with Crippen LogP contribution in [0.25, 0.3) is 0 Å². The molecular formula is C13H20ClN. The molecule has 84 valence electrons. The van der Waals surface area contributed by atoms with E-state index in [1.54, 1.807) is 0 Å². The van der Waals surface area contributed by atoms with Crippen molar-refractivity contribution in [3.63, 3.8) is 0 Å². The maximum absolute atomic E-state index is 5.98. The highest BCUT2D eigenvalue weighted by atomic mass is 35.5. The first-order valence-corrected chi connectivity index (χ1v) is 6.01. The van der Waals surface area contributed by atoms with E-state index in [9.17, 15) is 0 Å². The SMILES string of the molecule is CCCNC(C)C(C)c1cccc(Cl)c1. The van der Waals surface area contributed by atoms with E-state index < -0.39 is 0 Å². The standard InChI is InChI=1S/C13H20ClN/c1-4-8-15-11(3)10(2)12-6-5-7-13(14)9-12/h5-7,9-11,15H,4,8H2,1-3H3. The lowest BCUT2D eigenvalue weighted by atomic mass is 9.94. The molecule has 0 saturated heterocycles. The molecule has 0 aromatic heterocycles. The predicted octanol–water partition coefficient (Wildman–Crippen LogP) is 3.83. The van der Waals surface area contributed by atoms with Crippen molar-refractivity contribution in [3.8, 4) is 0 Å². The molecule has 2 heteroatoms. The summed E-state index contributed by atoms with van der Waals surface area (Å²) < 4.78 is 0. The second-order valence-corrected chi connectivity index (χ2v) is 4.52. The quantitative estimate of drug-likeness (QED) is 0.803. The molecule has 1 aromatic rings. The summed E-state index contributed by atoms with van der Waals surface area (Å²) in [5, 5.41) is 4.33. The fraction of sp³-hybridized carbons (Fsp3) is 0.538. The van der Waals surface area contributed by atoms with Crippen LogP contribution in [0, 0.1) is 0 Å². The summed E-state index contributed by atoms with van der Waals surface area (Å²) in [4.78, 5) is 0. The fourth-order valence-corrected chi connectivity index (χ4v) is 1.83. The van der Waals surface area contributed by atoms with Gasteiger partial charge in [-0.1, -0.05) is 37.6 Å². The second kappa shape index (κ2) is 6.14. The maximum Gasteiger partial charge on any atom is 0.0408 e. The summed E-state index contributed by atoms with van der Waals surface area (Å²) in [7, 11) is 0. The van der Waals surface area contributed by atoms with Gasteiger partial charge in [0, 0.05) is 11.1 Å². The largest absolute Gasteiger partial charge is 0.314 e. The first-order valence-electron chi connectivity index (χ1n) is 5.64. The number of nitrogens with one attached hydrogen (secondary N) is 1. The molecule has 1 N–H and O–H groups in total. The van der Waals surface area contributed by atoms with Gasteiger partial charge >= 0.3 is 0 Å². The van der Waals surface area contributed by atoms with E-state index in [2.05, 4.69) is 38.2 Å². The number of hydrogen-bond acceptors (Lipinski definition) is 1. The minimum atomic E-state index is 0.489. The van der Waals surface area contributed by atoms with E-state index in [-0.39, 0.29) is 0 Å². The van der Waals surface area contributed by atoms with Crippen molar-refractivity contribution in [1.82, 2.24) is 5.32 Å². The van der Waals surface area contributed by atoms with E-state index in [4.69, 9.17) is 11.6 Å². The zero-order valence-electron chi connectivity index (χ0n) is 9.76. The van der Waals surface area contributed by atoms with E-state index in [1.165, 1.54) is 12.0 Å². The molecule has 0 spiro atoms. The molecule has 0 aliphatic heterocycles. The van der Waals surface area contributed by atoms with Crippen LogP contribution in [0.5, 0.6) is 0 Å². The minimum Gasteiger partial charge on any atom is -0.314 e. The van der Waals surface area contributed by atoms with Crippen LogP contribution < -0.4 is 5.32 Å². The van der Waals surface area contributed by atoms with Crippen molar-refractivity contribution < 1.29 is 0 Å². The molecule has 0 aliphatic carbocycles. The third kappa shape index (κ3) is 3.84. The molecule has 0 heterocycles. The Kier molecular flexibility index (Phi) is 5.13. The molecule has 1 rings (SSSR count). The molecule has 1 aromatic carbocycles. The van der Waals surface area contributed by atoms with Crippen LogP contribution in [-0.2, 0) is 0 Å². The van der Waals surface area contributed by atoms with Gasteiger partial charge < -0.3 is 5.32 Å². The van der Waals surface area contributed by atoms with Gasteiger partial charge in [-0.05, 0) is 43.5 Å². The number of hydrogen-bond donors (Lipinski definition) is 1. The third-order valence-electron chi connectivity index (χ3n) is 2.84. The Labute approximate surface area is 97.8 Å². The fourth-order valence-electron chi connectivity index (χ4n) is 1.63. The molecular weight excluding hydrogens is 206 g/mol. The van der Waals surface area contributed by atoms with Gasteiger partial charge in [-0.3, -0.25) is 0 Å². The normalized spacial score (nSPS) is 14.9. The summed E-state index contributed by atoms with van der Waals surface area (Å²) in [5.41, 5.74) is 1.30. The van der Waals surface area contributed by atoms with Crippen LogP contribution in [0.1, 0.15) is 38.7 Å². The first-order chi connectivity index (χ1) is 7.15. The lowest BCUT2D eigenvalue weighted by Gasteiger charge is -2.21. The van der Waals surface area contributed by atoms with Gasteiger partial charge in [0.15, 0.2) is 0 Å². The van der Waals surface area contributed by atoms with Gasteiger partial charge in [0.25, 0.3) is 0 Å². The third-order valence-corrected chi connectivity index (χ3v) is 3.08. The molecule has 2 unspecified atom stereocenters. The van der Waals surface area contributed by atoms with E-state index >= 15 is 0 Å². The highest BCUT2D eigenvalue weighted by Crippen LogP contribution is 2.22. The van der Waals surface area contributed by atoms with Gasteiger partial charge in [0.05, 0.1) is 0 Å². The van der Waals surface area contributed by atoms with Crippen LogP contribution in [-0.4, -0.2) is 12.6 Å². The van der Waals surface area contributed by atoms with Crippen molar-refractivity contribution in [2.24, 2.45) is 0 Å². The Balaban J connectivity index is 2.62. The number of benzene rings is 1. The summed E-state index contributed by atoms with van der Waals surface area (Å²) in [6, 6.07) is 8.61. The Morgan fingerprint density at radius 2 is 2.07 bits per heavy atom. The van der Waals surface area contributed by atoms with Crippen LogP contribution >= 0.6 is 11.6 Å². The van der Waals surface area contributed by atoms with Crippen LogP contribution in [0.3, 0.4) is 0 Å². The van der Waals surface area contributed by atoms with Crippen molar-refractivity contribution in [3.05, 3.63) is 34.9 Å². The molecule has 1 nitrogen and oxygen atoms in total. The highest BCUT2D eigenvalue weighted by Gasteiger charge is 2.13. The second-order valence-electron chi connectivity index (χ2n) is 4.09. The number of rotatable bonds is 5. The van der Waals surface area contributed by atoms with E-state index in [0.717, 1.165) is 11.6 Å². The molecule has 0 fully saturated rings. The monoisotopic (exact) mass is 225 g/mol. The van der Waals surface area contributed by atoms with Crippen molar-refractivity contribution in [2.45, 2.75) is 39.2 Å². The summed E-state index contributed by atoms with van der Waals surface area (Å²) in [5.74, 6) is 0.496. The van der Waals surface area contributed by atoms with Gasteiger partial charge in [-0.25, -0.2) is 0 Å². The Bertz CT molecular complexity index is 298. The predicted molar refractivity (Wildman–Crippen MR) is 67.6 cm³/mol. The molecule has 0 radical (unpaired) electrons. The first kappa shape index (κ1) is 12.5. The summed E-state index contributed by atoms with van der Waals surface area (Å²) >= 11 is 5.98. The highest BCUT2D eigenvalue weighted by molar-refractivity contribution is 6.30. The van der Waals surface area contributed by atoms with E-state index in [1.807, 2.05) is 12.1 Å². The molecule has 15 heavy (non-hydrogen) atoms. The lowest BCUT2D eigenvalue weighted by Crippen LogP contribution is -2.31. The number of halogens is 1. The zero-order valence-corrected chi connectivity index (χ0v) is 10.5. The van der Waals surface area contributed by atoms with E-state index in [0.29, 0.717) is 12.0 Å².